The molecule has 176 valence electrons. The summed E-state index contributed by atoms with van der Waals surface area (Å²) in [5.41, 5.74) is 2.87. The van der Waals surface area contributed by atoms with Gasteiger partial charge in [-0.05, 0) is 62.4 Å². The van der Waals surface area contributed by atoms with E-state index in [9.17, 15) is 14.9 Å². The Labute approximate surface area is 198 Å². The van der Waals surface area contributed by atoms with Crippen molar-refractivity contribution in [1.29, 1.82) is 5.26 Å². The van der Waals surface area contributed by atoms with Crippen molar-refractivity contribution in [1.82, 2.24) is 19.7 Å². The van der Waals surface area contributed by atoms with E-state index in [2.05, 4.69) is 16.4 Å². The molecule has 2 N–H and O–H groups in total. The van der Waals surface area contributed by atoms with Crippen LogP contribution in [0.3, 0.4) is 0 Å². The fourth-order valence-electron chi connectivity index (χ4n) is 5.38. The first-order valence-corrected chi connectivity index (χ1v) is 12.2. The Morgan fingerprint density at radius 1 is 1.15 bits per heavy atom. The summed E-state index contributed by atoms with van der Waals surface area (Å²) in [6.45, 7) is 3.56. The van der Waals surface area contributed by atoms with Crippen LogP contribution in [0, 0.1) is 24.2 Å². The maximum atomic E-state index is 12.8. The molecule has 0 bridgehead atoms. The third-order valence-corrected chi connectivity index (χ3v) is 7.20. The quantitative estimate of drug-likeness (QED) is 0.553. The fourth-order valence-corrected chi connectivity index (χ4v) is 5.38. The molecular weight excluding hydrogens is 428 g/mol. The maximum absolute atomic E-state index is 12.8. The Kier molecular flexibility index (Phi) is 6.10. The van der Waals surface area contributed by atoms with Gasteiger partial charge in [-0.1, -0.05) is 19.3 Å². The van der Waals surface area contributed by atoms with E-state index < -0.39 is 0 Å². The van der Waals surface area contributed by atoms with Crippen molar-refractivity contribution < 1.29 is 4.79 Å². The first kappa shape index (κ1) is 22.2. The summed E-state index contributed by atoms with van der Waals surface area (Å²) in [5.74, 6) is 0.412. The summed E-state index contributed by atoms with van der Waals surface area (Å²) >= 11 is 0. The number of likely N-dealkylation sites (tertiary alicyclic amines) is 1. The van der Waals surface area contributed by atoms with Crippen molar-refractivity contribution in [2.75, 3.05) is 18.4 Å². The molecule has 0 radical (unpaired) electrons. The van der Waals surface area contributed by atoms with Crippen LogP contribution in [0.2, 0.25) is 0 Å². The Hall–Kier alpha value is -3.60. The summed E-state index contributed by atoms with van der Waals surface area (Å²) in [7, 11) is 0. The van der Waals surface area contributed by atoms with Gasteiger partial charge in [0.2, 0.25) is 0 Å². The van der Waals surface area contributed by atoms with Crippen molar-refractivity contribution >= 4 is 28.3 Å². The molecule has 1 saturated heterocycles. The average Bonchev–Trinajstić information content (AvgIpc) is 3.42. The van der Waals surface area contributed by atoms with E-state index in [1.165, 1.54) is 0 Å². The van der Waals surface area contributed by atoms with Crippen molar-refractivity contribution in [3.05, 3.63) is 51.9 Å². The highest BCUT2D eigenvalue weighted by atomic mass is 16.2. The number of nitrogens with zero attached hydrogens (tertiary/aromatic N) is 4. The molecule has 8 nitrogen and oxygen atoms in total. The minimum absolute atomic E-state index is 0.0606. The number of nitriles is 1. The third kappa shape index (κ3) is 4.07. The summed E-state index contributed by atoms with van der Waals surface area (Å²) in [6.07, 6.45) is 8.66. The van der Waals surface area contributed by atoms with Crippen molar-refractivity contribution in [3.63, 3.8) is 0 Å². The fraction of sp³-hybridized carbons (Fsp3) is 0.462. The molecule has 2 aromatic heterocycles. The average molecular weight is 459 g/mol. The Morgan fingerprint density at radius 2 is 1.94 bits per heavy atom. The number of carbonyl (C=O) groups excluding carboxylic acids is 1. The van der Waals surface area contributed by atoms with Gasteiger partial charge in [0.1, 0.15) is 5.39 Å². The predicted molar refractivity (Wildman–Crippen MR) is 131 cm³/mol. The van der Waals surface area contributed by atoms with Gasteiger partial charge in [-0.2, -0.15) is 10.4 Å². The molecule has 5 rings (SSSR count). The van der Waals surface area contributed by atoms with Crippen molar-refractivity contribution in [2.45, 2.75) is 57.9 Å². The molecule has 2 fully saturated rings. The zero-order chi connectivity index (χ0) is 23.7. The Balaban J connectivity index is 1.50. The molecule has 2 atom stereocenters. The number of hydrogen-bond acceptors (Lipinski definition) is 5. The number of carbonyl (C=O) groups is 1. The van der Waals surface area contributed by atoms with E-state index in [1.54, 1.807) is 6.20 Å². The lowest BCUT2D eigenvalue weighted by Gasteiger charge is -2.20. The van der Waals surface area contributed by atoms with E-state index in [0.717, 1.165) is 74.8 Å². The second kappa shape index (κ2) is 9.34. The first-order chi connectivity index (χ1) is 16.6. The smallest absolute Gasteiger partial charge is 0.261 e. The highest BCUT2D eigenvalue weighted by molar-refractivity contribution is 5.97. The van der Waals surface area contributed by atoms with Gasteiger partial charge in [0, 0.05) is 30.5 Å². The molecule has 8 heteroatoms. The number of pyridine rings is 1. The number of H-pyrrole nitrogens is 1. The topological polar surface area (TPSA) is 107 Å². The molecule has 3 aromatic rings. The highest BCUT2D eigenvalue weighted by Crippen LogP contribution is 2.35. The van der Waals surface area contributed by atoms with Crippen molar-refractivity contribution in [2.24, 2.45) is 5.92 Å². The van der Waals surface area contributed by atoms with Gasteiger partial charge in [0.25, 0.3) is 11.5 Å². The predicted octanol–water partition coefficient (Wildman–Crippen LogP) is 4.66. The van der Waals surface area contributed by atoms with E-state index in [-0.39, 0.29) is 23.4 Å². The molecule has 1 aliphatic carbocycles. The number of anilines is 2. The molecular formula is C26H30N6O2. The van der Waals surface area contributed by atoms with E-state index in [4.69, 9.17) is 5.10 Å². The van der Waals surface area contributed by atoms with Gasteiger partial charge in [-0.15, -0.1) is 0 Å². The second-order valence-electron chi connectivity index (χ2n) is 9.46. The van der Waals surface area contributed by atoms with Crippen LogP contribution >= 0.6 is 0 Å². The van der Waals surface area contributed by atoms with Crippen LogP contribution < -0.4 is 10.9 Å². The summed E-state index contributed by atoms with van der Waals surface area (Å²) in [4.78, 5) is 30.3. The van der Waals surface area contributed by atoms with Gasteiger partial charge in [0.05, 0.1) is 23.5 Å². The number of fused-ring (bicyclic) bond motifs is 1. The number of nitrogens with one attached hydrogen (secondary N) is 2. The monoisotopic (exact) mass is 458 g/mol. The standard InChI is InChI=1S/C26H30N6O2/c1-17-15-19(9-10-20(17)26(34)31-13-5-6-14-31)29-24-23-22(11-12-28-25(23)33)32(30-24)21-8-4-2-3-7-18(21)16-27/h9-12,15,18,21H,2-8,13-14H2,1H3,(H,28,33)(H,29,30). The molecule has 0 spiro atoms. The number of amides is 1. The number of benzene rings is 1. The van der Waals surface area contributed by atoms with Crippen LogP contribution in [0.15, 0.2) is 35.3 Å². The minimum Gasteiger partial charge on any atom is -0.339 e. The van der Waals surface area contributed by atoms with Crippen LogP contribution in [0.4, 0.5) is 11.5 Å². The van der Waals surface area contributed by atoms with Gasteiger partial charge < -0.3 is 15.2 Å². The summed E-state index contributed by atoms with van der Waals surface area (Å²) in [6, 6.07) is 9.91. The lowest BCUT2D eigenvalue weighted by molar-refractivity contribution is 0.0792. The molecule has 1 aromatic carbocycles. The number of hydrogen-bond donors (Lipinski definition) is 2. The molecule has 2 aliphatic rings. The van der Waals surface area contributed by atoms with E-state index in [1.807, 2.05) is 40.8 Å². The van der Waals surface area contributed by atoms with Crippen LogP contribution in [0.5, 0.6) is 0 Å². The van der Waals surface area contributed by atoms with Gasteiger partial charge in [-0.25, -0.2) is 0 Å². The lowest BCUT2D eigenvalue weighted by Crippen LogP contribution is -2.28. The Morgan fingerprint density at radius 3 is 2.71 bits per heavy atom. The number of aromatic amines is 1. The molecule has 1 amide bonds. The molecule has 1 aliphatic heterocycles. The zero-order valence-corrected chi connectivity index (χ0v) is 19.5. The zero-order valence-electron chi connectivity index (χ0n) is 19.5. The minimum atomic E-state index is -0.217. The molecule has 34 heavy (non-hydrogen) atoms. The van der Waals surface area contributed by atoms with Crippen LogP contribution in [-0.4, -0.2) is 38.7 Å². The second-order valence-corrected chi connectivity index (χ2v) is 9.46. The summed E-state index contributed by atoms with van der Waals surface area (Å²) in [5, 5.41) is 18.4. The maximum Gasteiger partial charge on any atom is 0.261 e. The third-order valence-electron chi connectivity index (χ3n) is 7.20. The SMILES string of the molecule is Cc1cc(Nc2nn(C3CCCCCC3C#N)c3cc[nH]c(=O)c23)ccc1C(=O)N1CCCC1. The molecule has 2 unspecified atom stereocenters. The highest BCUT2D eigenvalue weighted by Gasteiger charge is 2.29. The summed E-state index contributed by atoms with van der Waals surface area (Å²) < 4.78 is 1.88. The Bertz CT molecular complexity index is 1310. The largest absolute Gasteiger partial charge is 0.339 e. The first-order valence-electron chi connectivity index (χ1n) is 12.2. The number of rotatable bonds is 4. The van der Waals surface area contributed by atoms with E-state index in [0.29, 0.717) is 16.8 Å². The molecule has 3 heterocycles. The molecule has 1 saturated carbocycles. The van der Waals surface area contributed by atoms with Crippen LogP contribution in [0.1, 0.15) is 66.9 Å². The van der Waals surface area contributed by atoms with Gasteiger partial charge >= 0.3 is 0 Å². The van der Waals surface area contributed by atoms with Crippen molar-refractivity contribution in [3.8, 4) is 6.07 Å². The lowest BCUT2D eigenvalue weighted by atomic mass is 9.96. The number of aryl methyl sites for hydroxylation is 1. The normalized spacial score (nSPS) is 20.8. The number of aromatic nitrogens is 3. The van der Waals surface area contributed by atoms with E-state index >= 15 is 0 Å². The van der Waals surface area contributed by atoms with Crippen LogP contribution in [-0.2, 0) is 0 Å². The van der Waals surface area contributed by atoms with Gasteiger partial charge in [0.15, 0.2) is 5.82 Å². The van der Waals surface area contributed by atoms with Gasteiger partial charge in [-0.3, -0.25) is 14.3 Å². The van der Waals surface area contributed by atoms with Crippen LogP contribution in [0.25, 0.3) is 10.9 Å².